The molecule has 0 unspecified atom stereocenters. The quantitative estimate of drug-likeness (QED) is 0.601. The van der Waals surface area contributed by atoms with E-state index in [-0.39, 0.29) is 17.6 Å². The van der Waals surface area contributed by atoms with Crippen LogP contribution in [0.2, 0.25) is 0 Å². The molecule has 0 saturated heterocycles. The molecular formula is C24H18O. The van der Waals surface area contributed by atoms with Gasteiger partial charge in [-0.05, 0) is 29.2 Å². The zero-order valence-corrected chi connectivity index (χ0v) is 14.1. The van der Waals surface area contributed by atoms with Gasteiger partial charge in [0, 0.05) is 17.0 Å². The third-order valence-corrected chi connectivity index (χ3v) is 5.12. The summed E-state index contributed by atoms with van der Waals surface area (Å²) in [5.41, 5.74) is 5.90. The summed E-state index contributed by atoms with van der Waals surface area (Å²) in [7, 11) is 0. The molecule has 0 saturated carbocycles. The predicted molar refractivity (Wildman–Crippen MR) is 101 cm³/mol. The van der Waals surface area contributed by atoms with E-state index in [0.717, 1.165) is 27.8 Å². The molecule has 0 aromatic heterocycles. The summed E-state index contributed by atoms with van der Waals surface area (Å²) in [6.45, 7) is 2.09. The third kappa shape index (κ3) is 2.39. The van der Waals surface area contributed by atoms with Gasteiger partial charge in [-0.15, -0.1) is 6.42 Å². The van der Waals surface area contributed by atoms with Crippen molar-refractivity contribution in [2.24, 2.45) is 0 Å². The van der Waals surface area contributed by atoms with Crippen molar-refractivity contribution in [1.29, 1.82) is 0 Å². The van der Waals surface area contributed by atoms with Crippen molar-refractivity contribution in [2.75, 3.05) is 0 Å². The van der Waals surface area contributed by atoms with E-state index in [0.29, 0.717) is 0 Å². The highest BCUT2D eigenvalue weighted by atomic mass is 16.1. The first-order valence-electron chi connectivity index (χ1n) is 8.46. The number of rotatable bonds is 2. The largest absolute Gasteiger partial charge is 0.289 e. The molecule has 25 heavy (non-hydrogen) atoms. The van der Waals surface area contributed by atoms with Crippen LogP contribution in [0.1, 0.15) is 50.0 Å². The molecule has 120 valence electrons. The highest BCUT2D eigenvalue weighted by Crippen LogP contribution is 2.45. The summed E-state index contributed by atoms with van der Waals surface area (Å²) in [4.78, 5) is 12.9. The Bertz CT molecular complexity index is 957. The zero-order valence-electron chi connectivity index (χ0n) is 14.1. The monoisotopic (exact) mass is 322 g/mol. The number of carbonyl (C=O) groups excluding carboxylic acids is 1. The minimum absolute atomic E-state index is 0.0174. The van der Waals surface area contributed by atoms with Gasteiger partial charge in [-0.25, -0.2) is 0 Å². The number of terminal acetylenes is 1. The van der Waals surface area contributed by atoms with Crippen LogP contribution < -0.4 is 0 Å². The lowest BCUT2D eigenvalue weighted by Gasteiger charge is -2.32. The van der Waals surface area contributed by atoms with Crippen molar-refractivity contribution in [1.82, 2.24) is 0 Å². The lowest BCUT2D eigenvalue weighted by atomic mass is 9.69. The molecule has 0 amide bonds. The molecule has 1 aliphatic rings. The Morgan fingerprint density at radius 1 is 0.840 bits per heavy atom. The molecule has 4 rings (SSSR count). The Kier molecular flexibility index (Phi) is 3.75. The molecule has 1 aliphatic carbocycles. The summed E-state index contributed by atoms with van der Waals surface area (Å²) in [6, 6.07) is 23.9. The first-order valence-corrected chi connectivity index (χ1v) is 8.46. The van der Waals surface area contributed by atoms with E-state index in [1.165, 1.54) is 5.56 Å². The Morgan fingerprint density at radius 3 is 1.92 bits per heavy atom. The topological polar surface area (TPSA) is 17.1 Å². The molecule has 0 radical (unpaired) electrons. The molecule has 0 aliphatic heterocycles. The van der Waals surface area contributed by atoms with Crippen LogP contribution in [0.15, 0.2) is 72.8 Å². The van der Waals surface area contributed by atoms with Crippen LogP contribution in [0.5, 0.6) is 0 Å². The van der Waals surface area contributed by atoms with Crippen LogP contribution in [-0.2, 0) is 0 Å². The molecule has 1 heteroatoms. The third-order valence-electron chi connectivity index (χ3n) is 5.12. The highest BCUT2D eigenvalue weighted by molar-refractivity contribution is 6.12. The fourth-order valence-corrected chi connectivity index (χ4v) is 3.92. The Balaban J connectivity index is 1.99. The summed E-state index contributed by atoms with van der Waals surface area (Å²) in [6.07, 6.45) is 6.02. The van der Waals surface area contributed by atoms with Gasteiger partial charge in [-0.2, -0.15) is 0 Å². The molecule has 0 bridgehead atoms. The lowest BCUT2D eigenvalue weighted by Crippen LogP contribution is -2.23. The van der Waals surface area contributed by atoms with E-state index in [2.05, 4.69) is 25.0 Å². The van der Waals surface area contributed by atoms with E-state index in [1.54, 1.807) is 0 Å². The van der Waals surface area contributed by atoms with Crippen molar-refractivity contribution in [3.05, 3.63) is 106 Å². The molecule has 0 heterocycles. The second-order valence-corrected chi connectivity index (χ2v) is 6.48. The van der Waals surface area contributed by atoms with Gasteiger partial charge >= 0.3 is 0 Å². The second kappa shape index (κ2) is 6.07. The first-order chi connectivity index (χ1) is 12.2. The van der Waals surface area contributed by atoms with E-state index in [9.17, 15) is 4.79 Å². The van der Waals surface area contributed by atoms with Gasteiger partial charge < -0.3 is 0 Å². The van der Waals surface area contributed by atoms with Gasteiger partial charge in [0.15, 0.2) is 5.78 Å². The van der Waals surface area contributed by atoms with Crippen LogP contribution in [0, 0.1) is 19.3 Å². The minimum Gasteiger partial charge on any atom is -0.289 e. The van der Waals surface area contributed by atoms with Gasteiger partial charge in [0.05, 0.1) is 5.92 Å². The normalized spacial score (nSPS) is 14.3. The Labute approximate surface area is 148 Å². The maximum Gasteiger partial charge on any atom is 0.193 e. The number of fused-ring (bicyclic) bond motifs is 2. The molecule has 1 nitrogen and oxygen atoms in total. The summed E-state index contributed by atoms with van der Waals surface area (Å²) in [5.74, 6) is 2.97. The number of hydrogen-bond acceptors (Lipinski definition) is 1. The summed E-state index contributed by atoms with van der Waals surface area (Å²) in [5, 5.41) is 0. The van der Waals surface area contributed by atoms with Gasteiger partial charge in [-0.3, -0.25) is 4.79 Å². The van der Waals surface area contributed by atoms with E-state index in [1.807, 2.05) is 60.7 Å². The van der Waals surface area contributed by atoms with Crippen molar-refractivity contribution in [2.45, 2.75) is 18.8 Å². The highest BCUT2D eigenvalue weighted by Gasteiger charge is 2.35. The van der Waals surface area contributed by atoms with Crippen LogP contribution in [0.25, 0.3) is 0 Å². The van der Waals surface area contributed by atoms with Crippen LogP contribution in [0.3, 0.4) is 0 Å². The Morgan fingerprint density at radius 2 is 1.36 bits per heavy atom. The van der Waals surface area contributed by atoms with Crippen LogP contribution >= 0.6 is 0 Å². The van der Waals surface area contributed by atoms with Gasteiger partial charge in [-0.1, -0.05) is 78.7 Å². The maximum atomic E-state index is 12.9. The standard InChI is InChI=1S/C24H18O/c1-3-17(18-11-5-4-10-16(18)2)23-19-12-6-8-14-21(19)24(25)22-15-9-7-13-20(22)23/h1,4-15,17,23H,2H3/t17-/m0/s1. The van der Waals surface area contributed by atoms with Gasteiger partial charge in [0.1, 0.15) is 0 Å². The lowest BCUT2D eigenvalue weighted by molar-refractivity contribution is 0.103. The van der Waals surface area contributed by atoms with E-state index < -0.39 is 0 Å². The first kappa shape index (κ1) is 15.4. The number of benzene rings is 3. The maximum absolute atomic E-state index is 12.9. The SMILES string of the molecule is C#C[C@@H](c1ccccc1C)C1c2ccccc2C(=O)c2ccccc21. The smallest absolute Gasteiger partial charge is 0.193 e. The van der Waals surface area contributed by atoms with Gasteiger partial charge in [0.2, 0.25) is 0 Å². The van der Waals surface area contributed by atoms with Crippen molar-refractivity contribution in [3.8, 4) is 12.3 Å². The summed E-state index contributed by atoms with van der Waals surface area (Å²) >= 11 is 0. The van der Waals surface area contributed by atoms with Crippen molar-refractivity contribution in [3.63, 3.8) is 0 Å². The minimum atomic E-state index is -0.114. The molecule has 0 N–H and O–H groups in total. The molecule has 0 fully saturated rings. The Hall–Kier alpha value is -3.11. The van der Waals surface area contributed by atoms with Crippen molar-refractivity contribution >= 4 is 5.78 Å². The van der Waals surface area contributed by atoms with Crippen LogP contribution in [0.4, 0.5) is 0 Å². The fourth-order valence-electron chi connectivity index (χ4n) is 3.92. The zero-order chi connectivity index (χ0) is 17.4. The van der Waals surface area contributed by atoms with E-state index >= 15 is 0 Å². The van der Waals surface area contributed by atoms with Crippen molar-refractivity contribution < 1.29 is 4.79 Å². The number of ketones is 1. The van der Waals surface area contributed by atoms with Gasteiger partial charge in [0.25, 0.3) is 0 Å². The predicted octanol–water partition coefficient (Wildman–Crippen LogP) is 5.09. The molecule has 0 spiro atoms. The molecule has 3 aromatic rings. The molecule has 1 atom stereocenters. The number of aryl methyl sites for hydroxylation is 1. The number of hydrogen-bond donors (Lipinski definition) is 0. The summed E-state index contributed by atoms with van der Waals surface area (Å²) < 4.78 is 0. The second-order valence-electron chi connectivity index (χ2n) is 6.48. The molecule has 3 aromatic carbocycles. The fraction of sp³-hybridized carbons (Fsp3) is 0.125. The van der Waals surface area contributed by atoms with Crippen LogP contribution in [-0.4, -0.2) is 5.78 Å². The average molecular weight is 322 g/mol. The number of carbonyl (C=O) groups is 1. The van der Waals surface area contributed by atoms with E-state index in [4.69, 9.17) is 6.42 Å². The average Bonchev–Trinajstić information content (AvgIpc) is 2.66. The molecular weight excluding hydrogens is 304 g/mol.